The van der Waals surface area contributed by atoms with E-state index < -0.39 is 5.97 Å². The molecule has 0 unspecified atom stereocenters. The van der Waals surface area contributed by atoms with Gasteiger partial charge in [-0.1, -0.05) is 119 Å². The zero-order chi connectivity index (χ0) is 17.3. The minimum absolute atomic E-state index is 0.247. The molecule has 0 spiro atoms. The van der Waals surface area contributed by atoms with Crippen molar-refractivity contribution in [3.05, 3.63) is 9.52 Å². The van der Waals surface area contributed by atoms with Gasteiger partial charge < -0.3 is 4.74 Å². The van der Waals surface area contributed by atoms with Gasteiger partial charge in [0.1, 0.15) is 4.49 Å². The summed E-state index contributed by atoms with van der Waals surface area (Å²) in [5.74, 6) is -0.648. The molecule has 0 saturated carbocycles. The van der Waals surface area contributed by atoms with Gasteiger partial charge in [0.2, 0.25) is 0 Å². The summed E-state index contributed by atoms with van der Waals surface area (Å²) in [6, 6.07) is 0. The predicted octanol–water partition coefficient (Wildman–Crippen LogP) is 7.51. The number of ether oxygens (including phenoxy) is 1. The molecule has 0 aliphatic rings. The monoisotopic (exact) mass is 384 g/mol. The van der Waals surface area contributed by atoms with Gasteiger partial charge in [-0.25, -0.2) is 4.79 Å². The van der Waals surface area contributed by atoms with Crippen LogP contribution in [0.4, 0.5) is 0 Å². The van der Waals surface area contributed by atoms with Crippen LogP contribution in [0.2, 0.25) is 0 Å². The fourth-order valence-corrected chi connectivity index (χ4v) is 2.63. The van der Waals surface area contributed by atoms with Crippen molar-refractivity contribution < 1.29 is 9.53 Å². The van der Waals surface area contributed by atoms with E-state index >= 15 is 0 Å². The first-order valence-electron chi connectivity index (χ1n) is 8.97. The average molecular weight is 386 g/mol. The van der Waals surface area contributed by atoms with E-state index in [0.29, 0.717) is 6.61 Å². The lowest BCUT2D eigenvalue weighted by atomic mass is 10.0. The van der Waals surface area contributed by atoms with E-state index in [4.69, 9.17) is 39.5 Å². The highest BCUT2D eigenvalue weighted by molar-refractivity contribution is 6.62. The Balaban J connectivity index is 3.22. The fraction of sp³-hybridized carbons (Fsp3) is 0.833. The number of unbranched alkanes of at least 4 members (excludes halogenated alkanes) is 12. The Hall–Kier alpha value is 0.0800. The third-order valence-corrected chi connectivity index (χ3v) is 4.74. The first-order valence-corrected chi connectivity index (χ1v) is 10.1. The Morgan fingerprint density at radius 2 is 1.09 bits per heavy atom. The first kappa shape index (κ1) is 23.1. The van der Waals surface area contributed by atoms with Crippen molar-refractivity contribution in [2.75, 3.05) is 6.61 Å². The summed E-state index contributed by atoms with van der Waals surface area (Å²) in [6.45, 7) is 2.62. The topological polar surface area (TPSA) is 26.3 Å². The van der Waals surface area contributed by atoms with Crippen LogP contribution in [0.25, 0.3) is 0 Å². The van der Waals surface area contributed by atoms with Gasteiger partial charge in [-0.05, 0) is 6.42 Å². The molecular weight excluding hydrogens is 355 g/mol. The van der Waals surface area contributed by atoms with E-state index in [-0.39, 0.29) is 9.52 Å². The Bertz CT molecular complexity index is 326. The summed E-state index contributed by atoms with van der Waals surface area (Å²) in [7, 11) is 0. The molecule has 0 aromatic heterocycles. The van der Waals surface area contributed by atoms with E-state index in [9.17, 15) is 4.79 Å². The van der Waals surface area contributed by atoms with Crippen LogP contribution in [0.3, 0.4) is 0 Å². The number of carbonyl (C=O) groups excluding carboxylic acids is 1. The van der Waals surface area contributed by atoms with E-state index in [1.165, 1.54) is 70.6 Å². The van der Waals surface area contributed by atoms with Crippen LogP contribution in [0.15, 0.2) is 9.52 Å². The van der Waals surface area contributed by atoms with E-state index in [2.05, 4.69) is 6.92 Å². The van der Waals surface area contributed by atoms with Crippen LogP contribution in [0.5, 0.6) is 0 Å². The standard InChI is InChI=1S/C18H31Cl3O2/c1-2-3-4-5-6-7-8-9-10-11-12-13-14-15-23-18(22)16(19)17(20)21/h2-15H2,1H3. The molecule has 0 aromatic rings. The van der Waals surface area contributed by atoms with Crippen molar-refractivity contribution >= 4 is 40.8 Å². The average Bonchev–Trinajstić information content (AvgIpc) is 2.54. The molecule has 0 N–H and O–H groups in total. The second-order valence-electron chi connectivity index (χ2n) is 5.95. The van der Waals surface area contributed by atoms with Gasteiger partial charge in [0.15, 0.2) is 5.03 Å². The van der Waals surface area contributed by atoms with Gasteiger partial charge in [-0.3, -0.25) is 0 Å². The highest BCUT2D eigenvalue weighted by atomic mass is 35.5. The van der Waals surface area contributed by atoms with Gasteiger partial charge in [0.25, 0.3) is 0 Å². The van der Waals surface area contributed by atoms with Gasteiger partial charge in [-0.2, -0.15) is 0 Å². The molecule has 0 heterocycles. The normalized spacial score (nSPS) is 10.6. The highest BCUT2D eigenvalue weighted by Gasteiger charge is 2.11. The van der Waals surface area contributed by atoms with Crippen molar-refractivity contribution in [3.63, 3.8) is 0 Å². The number of hydrogen-bond acceptors (Lipinski definition) is 2. The zero-order valence-corrected chi connectivity index (χ0v) is 16.6. The molecular formula is C18H31Cl3O2. The molecule has 2 nitrogen and oxygen atoms in total. The molecule has 5 heteroatoms. The molecule has 0 bridgehead atoms. The van der Waals surface area contributed by atoms with Crippen molar-refractivity contribution in [2.45, 2.75) is 90.4 Å². The molecule has 0 radical (unpaired) electrons. The molecule has 0 aliphatic heterocycles. The number of hydrogen-bond donors (Lipinski definition) is 0. The number of carbonyl (C=O) groups is 1. The predicted molar refractivity (Wildman–Crippen MR) is 101 cm³/mol. The minimum atomic E-state index is -0.648. The molecule has 0 rings (SSSR count). The third-order valence-electron chi connectivity index (χ3n) is 3.83. The van der Waals surface area contributed by atoms with Crippen molar-refractivity contribution in [3.8, 4) is 0 Å². The summed E-state index contributed by atoms with van der Waals surface area (Å²) in [5, 5.41) is -0.247. The lowest BCUT2D eigenvalue weighted by molar-refractivity contribution is -0.138. The Morgan fingerprint density at radius 1 is 0.696 bits per heavy atom. The van der Waals surface area contributed by atoms with E-state index in [1.807, 2.05) is 0 Å². The SMILES string of the molecule is CCCCCCCCCCCCCCCOC(=O)C(Cl)=C(Cl)Cl. The maximum Gasteiger partial charge on any atom is 0.352 e. The molecule has 0 aromatic carbocycles. The first-order chi connectivity index (χ1) is 11.1. The molecule has 23 heavy (non-hydrogen) atoms. The molecule has 0 saturated heterocycles. The van der Waals surface area contributed by atoms with Gasteiger partial charge in [-0.15, -0.1) is 0 Å². The third kappa shape index (κ3) is 15.4. The molecule has 0 aliphatic carbocycles. The maximum atomic E-state index is 11.3. The Morgan fingerprint density at radius 3 is 1.48 bits per heavy atom. The van der Waals surface area contributed by atoms with Crippen molar-refractivity contribution in [1.29, 1.82) is 0 Å². The summed E-state index contributed by atoms with van der Waals surface area (Å²) in [6.07, 6.45) is 16.7. The summed E-state index contributed by atoms with van der Waals surface area (Å²) in [4.78, 5) is 11.3. The van der Waals surface area contributed by atoms with E-state index in [1.54, 1.807) is 0 Å². The number of halogens is 3. The molecule has 136 valence electrons. The van der Waals surface area contributed by atoms with Crippen LogP contribution >= 0.6 is 34.8 Å². The summed E-state index contributed by atoms with van der Waals surface area (Å²) < 4.78 is 4.72. The largest absolute Gasteiger partial charge is 0.461 e. The van der Waals surface area contributed by atoms with Crippen molar-refractivity contribution in [2.24, 2.45) is 0 Å². The Labute approximate surface area is 156 Å². The second-order valence-corrected chi connectivity index (χ2v) is 7.28. The van der Waals surface area contributed by atoms with Gasteiger partial charge >= 0.3 is 5.97 Å². The maximum absolute atomic E-state index is 11.3. The van der Waals surface area contributed by atoms with Gasteiger partial charge in [0.05, 0.1) is 6.61 Å². The second kappa shape index (κ2) is 16.9. The highest BCUT2D eigenvalue weighted by Crippen LogP contribution is 2.19. The number of rotatable bonds is 15. The smallest absolute Gasteiger partial charge is 0.352 e. The Kier molecular flexibility index (Phi) is 17.0. The summed E-state index contributed by atoms with van der Waals surface area (Å²) in [5.41, 5.74) is 0. The molecule has 0 amide bonds. The summed E-state index contributed by atoms with van der Waals surface area (Å²) >= 11 is 16.4. The van der Waals surface area contributed by atoms with Crippen LogP contribution < -0.4 is 0 Å². The van der Waals surface area contributed by atoms with Crippen LogP contribution in [0.1, 0.15) is 90.4 Å². The number of esters is 1. The molecule has 0 fully saturated rings. The minimum Gasteiger partial charge on any atom is -0.461 e. The van der Waals surface area contributed by atoms with Crippen LogP contribution in [-0.2, 0) is 9.53 Å². The van der Waals surface area contributed by atoms with Crippen LogP contribution in [0, 0.1) is 0 Å². The quantitative estimate of drug-likeness (QED) is 0.166. The molecule has 0 atom stereocenters. The zero-order valence-electron chi connectivity index (χ0n) is 14.3. The van der Waals surface area contributed by atoms with Crippen LogP contribution in [-0.4, -0.2) is 12.6 Å². The van der Waals surface area contributed by atoms with E-state index in [0.717, 1.165) is 12.8 Å². The van der Waals surface area contributed by atoms with Gasteiger partial charge in [0, 0.05) is 0 Å². The van der Waals surface area contributed by atoms with Crippen molar-refractivity contribution in [1.82, 2.24) is 0 Å². The lowest BCUT2D eigenvalue weighted by Crippen LogP contribution is -2.06. The lowest BCUT2D eigenvalue weighted by Gasteiger charge is -2.04. The fourth-order valence-electron chi connectivity index (χ4n) is 2.43.